The van der Waals surface area contributed by atoms with Gasteiger partial charge in [0.1, 0.15) is 11.6 Å². The van der Waals surface area contributed by atoms with Crippen molar-refractivity contribution in [3.8, 4) is 5.75 Å². The molecule has 1 aromatic heterocycles. The van der Waals surface area contributed by atoms with Crippen molar-refractivity contribution in [2.45, 2.75) is 0 Å². The fourth-order valence-electron chi connectivity index (χ4n) is 1.58. The number of ether oxygens (including phenoxy) is 2. The molecular formula is C14H12FNO4. The number of rotatable bonds is 5. The van der Waals surface area contributed by atoms with Crippen molar-refractivity contribution in [2.24, 2.45) is 0 Å². The van der Waals surface area contributed by atoms with Gasteiger partial charge in [0.15, 0.2) is 6.61 Å². The Morgan fingerprint density at radius 2 is 2.10 bits per heavy atom. The van der Waals surface area contributed by atoms with Crippen LogP contribution in [0.15, 0.2) is 36.5 Å². The van der Waals surface area contributed by atoms with Crippen LogP contribution >= 0.6 is 0 Å². The van der Waals surface area contributed by atoms with E-state index in [1.165, 1.54) is 19.2 Å². The Morgan fingerprint density at radius 1 is 1.30 bits per heavy atom. The number of H-pyrrole nitrogens is 1. The molecule has 0 atom stereocenters. The van der Waals surface area contributed by atoms with E-state index in [1.807, 2.05) is 0 Å². The van der Waals surface area contributed by atoms with Crippen LogP contribution in [0, 0.1) is 5.82 Å². The van der Waals surface area contributed by atoms with Crippen molar-refractivity contribution in [1.29, 1.82) is 0 Å². The zero-order valence-electron chi connectivity index (χ0n) is 10.7. The molecule has 2 aromatic rings. The van der Waals surface area contributed by atoms with Gasteiger partial charge in [0.25, 0.3) is 0 Å². The smallest absolute Gasteiger partial charge is 0.341 e. The molecule has 0 spiro atoms. The van der Waals surface area contributed by atoms with Gasteiger partial charge in [0, 0.05) is 12.3 Å². The second-order valence-electron chi connectivity index (χ2n) is 3.93. The molecule has 5 nitrogen and oxygen atoms in total. The van der Waals surface area contributed by atoms with Gasteiger partial charge in [-0.25, -0.2) is 9.18 Å². The van der Waals surface area contributed by atoms with E-state index in [0.29, 0.717) is 11.4 Å². The highest BCUT2D eigenvalue weighted by Crippen LogP contribution is 2.17. The lowest BCUT2D eigenvalue weighted by atomic mass is 10.2. The molecule has 6 heteroatoms. The number of carbonyl (C=O) groups is 2. The third kappa shape index (κ3) is 3.03. The molecular weight excluding hydrogens is 265 g/mol. The number of hydrogen-bond donors (Lipinski definition) is 1. The third-order valence-electron chi connectivity index (χ3n) is 2.63. The summed E-state index contributed by atoms with van der Waals surface area (Å²) in [7, 11) is 1.39. The highest BCUT2D eigenvalue weighted by Gasteiger charge is 2.16. The van der Waals surface area contributed by atoms with Crippen molar-refractivity contribution in [2.75, 3.05) is 13.7 Å². The lowest BCUT2D eigenvalue weighted by Gasteiger charge is -2.06. The second-order valence-corrected chi connectivity index (χ2v) is 3.93. The third-order valence-corrected chi connectivity index (χ3v) is 2.63. The first-order valence-electron chi connectivity index (χ1n) is 5.79. The molecule has 1 aromatic carbocycles. The topological polar surface area (TPSA) is 68.4 Å². The van der Waals surface area contributed by atoms with Crippen LogP contribution in [0.2, 0.25) is 0 Å². The van der Waals surface area contributed by atoms with Gasteiger partial charge in [0.05, 0.1) is 18.4 Å². The van der Waals surface area contributed by atoms with Crippen LogP contribution in [0.25, 0.3) is 0 Å². The molecule has 20 heavy (non-hydrogen) atoms. The fourth-order valence-corrected chi connectivity index (χ4v) is 1.58. The molecule has 0 aliphatic carbocycles. The van der Waals surface area contributed by atoms with E-state index < -0.39 is 24.2 Å². The maximum atomic E-state index is 13.6. The number of aromatic nitrogens is 1. The maximum absolute atomic E-state index is 13.6. The van der Waals surface area contributed by atoms with Crippen LogP contribution in [0.3, 0.4) is 0 Å². The summed E-state index contributed by atoms with van der Waals surface area (Å²) in [5.74, 6) is -1.76. The Bertz CT molecular complexity index is 622. The summed E-state index contributed by atoms with van der Waals surface area (Å²) in [6, 6.07) is 6.97. The van der Waals surface area contributed by atoms with Gasteiger partial charge >= 0.3 is 5.97 Å². The van der Waals surface area contributed by atoms with Crippen LogP contribution < -0.4 is 4.74 Å². The quantitative estimate of drug-likeness (QED) is 0.672. The number of hydrogen-bond acceptors (Lipinski definition) is 4. The van der Waals surface area contributed by atoms with Crippen molar-refractivity contribution in [1.82, 2.24) is 4.98 Å². The fraction of sp³-hybridized carbons (Fsp3) is 0.143. The molecule has 0 fully saturated rings. The average Bonchev–Trinajstić information content (AvgIpc) is 2.98. The Kier molecular flexibility index (Phi) is 4.14. The number of ketones is 1. The Balaban J connectivity index is 2.00. The van der Waals surface area contributed by atoms with Crippen molar-refractivity contribution in [3.05, 3.63) is 53.6 Å². The molecule has 0 saturated heterocycles. The van der Waals surface area contributed by atoms with E-state index in [9.17, 15) is 14.0 Å². The van der Waals surface area contributed by atoms with Gasteiger partial charge in [-0.05, 0) is 24.3 Å². The Hall–Kier alpha value is -2.63. The number of halogens is 1. The van der Waals surface area contributed by atoms with E-state index in [0.717, 1.165) is 6.07 Å². The first-order chi connectivity index (χ1) is 9.61. The second kappa shape index (κ2) is 6.01. The standard InChI is InChI=1S/C14H12FNO4/c1-19-9-4-5-10(11(15)7-9)14(18)20-8-13(17)12-3-2-6-16-12/h2-7,16H,8H2,1H3. The van der Waals surface area contributed by atoms with Crippen LogP contribution in [0.1, 0.15) is 20.8 Å². The predicted molar refractivity (Wildman–Crippen MR) is 68.4 cm³/mol. The average molecular weight is 277 g/mol. The van der Waals surface area contributed by atoms with E-state index in [1.54, 1.807) is 18.3 Å². The largest absolute Gasteiger partial charge is 0.497 e. The number of aromatic amines is 1. The molecule has 0 aliphatic rings. The summed E-state index contributed by atoms with van der Waals surface area (Å²) >= 11 is 0. The lowest BCUT2D eigenvalue weighted by Crippen LogP contribution is -2.15. The summed E-state index contributed by atoms with van der Waals surface area (Å²) < 4.78 is 23.2. The minimum Gasteiger partial charge on any atom is -0.497 e. The van der Waals surface area contributed by atoms with E-state index in [2.05, 4.69) is 4.98 Å². The number of esters is 1. The van der Waals surface area contributed by atoms with Crippen molar-refractivity contribution < 1.29 is 23.5 Å². The molecule has 0 aliphatic heterocycles. The molecule has 2 rings (SSSR count). The van der Waals surface area contributed by atoms with Gasteiger partial charge in [-0.15, -0.1) is 0 Å². The van der Waals surface area contributed by atoms with Crippen LogP contribution in [-0.4, -0.2) is 30.5 Å². The molecule has 0 radical (unpaired) electrons. The molecule has 0 bridgehead atoms. The molecule has 0 saturated carbocycles. The molecule has 1 N–H and O–H groups in total. The lowest BCUT2D eigenvalue weighted by molar-refractivity contribution is 0.0469. The molecule has 104 valence electrons. The van der Waals surface area contributed by atoms with Crippen LogP contribution in [-0.2, 0) is 4.74 Å². The zero-order chi connectivity index (χ0) is 14.5. The minimum atomic E-state index is -0.898. The highest BCUT2D eigenvalue weighted by molar-refractivity contribution is 5.98. The minimum absolute atomic E-state index is 0.245. The number of nitrogens with one attached hydrogen (secondary N) is 1. The summed E-state index contributed by atoms with van der Waals surface area (Å²) in [6.07, 6.45) is 1.58. The van der Waals surface area contributed by atoms with Gasteiger partial charge < -0.3 is 14.5 Å². The Morgan fingerprint density at radius 3 is 2.70 bits per heavy atom. The number of Topliss-reactive ketones (excluding diaryl/α,β-unsaturated/α-hetero) is 1. The SMILES string of the molecule is COc1ccc(C(=O)OCC(=O)c2ccc[nH]2)c(F)c1. The van der Waals surface area contributed by atoms with E-state index >= 15 is 0 Å². The molecule has 0 amide bonds. The Labute approximate surface area is 114 Å². The van der Waals surface area contributed by atoms with Crippen LogP contribution in [0.5, 0.6) is 5.75 Å². The highest BCUT2D eigenvalue weighted by atomic mass is 19.1. The maximum Gasteiger partial charge on any atom is 0.341 e. The monoisotopic (exact) mass is 277 g/mol. The van der Waals surface area contributed by atoms with Crippen LogP contribution in [0.4, 0.5) is 4.39 Å². The number of carbonyl (C=O) groups excluding carboxylic acids is 2. The first kappa shape index (κ1) is 13.8. The summed E-state index contributed by atoms with van der Waals surface area (Å²) in [5, 5.41) is 0. The van der Waals surface area contributed by atoms with Gasteiger partial charge in [-0.1, -0.05) is 0 Å². The van der Waals surface area contributed by atoms with Gasteiger partial charge in [0.2, 0.25) is 5.78 Å². The van der Waals surface area contributed by atoms with E-state index in [-0.39, 0.29) is 5.56 Å². The molecule has 1 heterocycles. The number of methoxy groups -OCH3 is 1. The number of benzene rings is 1. The summed E-state index contributed by atoms with van der Waals surface area (Å²) in [4.78, 5) is 26.0. The first-order valence-corrected chi connectivity index (χ1v) is 5.79. The van der Waals surface area contributed by atoms with Gasteiger partial charge in [-0.3, -0.25) is 4.79 Å². The van der Waals surface area contributed by atoms with Crippen molar-refractivity contribution in [3.63, 3.8) is 0 Å². The van der Waals surface area contributed by atoms with Gasteiger partial charge in [-0.2, -0.15) is 0 Å². The predicted octanol–water partition coefficient (Wildman–Crippen LogP) is 2.20. The molecule has 0 unspecified atom stereocenters. The summed E-state index contributed by atoms with van der Waals surface area (Å²) in [5.41, 5.74) is 0.0816. The zero-order valence-corrected chi connectivity index (χ0v) is 10.7. The van der Waals surface area contributed by atoms with Crippen molar-refractivity contribution >= 4 is 11.8 Å². The summed E-state index contributed by atoms with van der Waals surface area (Å²) in [6.45, 7) is -0.454. The van der Waals surface area contributed by atoms with E-state index in [4.69, 9.17) is 9.47 Å². The normalized spacial score (nSPS) is 10.1.